The van der Waals surface area contributed by atoms with Gasteiger partial charge in [0.1, 0.15) is 0 Å². The molecule has 0 bridgehead atoms. The first-order chi connectivity index (χ1) is 11.7. The van der Waals surface area contributed by atoms with Crippen molar-refractivity contribution >= 4 is 40.6 Å². The normalized spacial score (nSPS) is 13.6. The average molecular weight is 382 g/mol. The molecule has 1 N–H and O–H groups in total. The topological polar surface area (TPSA) is 28.2 Å². The minimum atomic E-state index is 0. The molecule has 0 spiro atoms. The van der Waals surface area contributed by atoms with E-state index in [4.69, 9.17) is 16.6 Å². The van der Waals surface area contributed by atoms with Crippen LogP contribution in [0.2, 0.25) is 5.02 Å². The first-order valence-corrected chi connectivity index (χ1v) is 9.68. The van der Waals surface area contributed by atoms with Gasteiger partial charge in [-0.1, -0.05) is 25.4 Å². The standard InChI is InChI=1S/C20H28ClN3.ClH/c1-3-24(4-2)13-7-12-22-20-16-8-5-6-9-18(16)23-19-11-10-15(21)14-17(19)20;/h10-11,14H,3-9,12-13H2,1-2H3,(H,22,23);1H. The summed E-state index contributed by atoms with van der Waals surface area (Å²) in [5.41, 5.74) is 5.03. The van der Waals surface area contributed by atoms with Crippen LogP contribution in [0, 0.1) is 0 Å². The monoisotopic (exact) mass is 381 g/mol. The molecule has 1 aliphatic carbocycles. The highest BCUT2D eigenvalue weighted by Crippen LogP contribution is 2.34. The zero-order valence-corrected chi connectivity index (χ0v) is 16.8. The highest BCUT2D eigenvalue weighted by atomic mass is 35.5. The summed E-state index contributed by atoms with van der Waals surface area (Å²) in [6.07, 6.45) is 5.89. The third-order valence-corrected chi connectivity index (χ3v) is 5.31. The van der Waals surface area contributed by atoms with Crippen molar-refractivity contribution in [2.45, 2.75) is 46.0 Å². The number of hydrogen-bond acceptors (Lipinski definition) is 3. The second-order valence-electron chi connectivity index (χ2n) is 6.59. The summed E-state index contributed by atoms with van der Waals surface area (Å²) in [5, 5.41) is 5.68. The van der Waals surface area contributed by atoms with Crippen molar-refractivity contribution in [2.24, 2.45) is 0 Å². The van der Waals surface area contributed by atoms with Gasteiger partial charge in [0.15, 0.2) is 0 Å². The number of anilines is 1. The third-order valence-electron chi connectivity index (χ3n) is 5.07. The maximum Gasteiger partial charge on any atom is 0.0727 e. The van der Waals surface area contributed by atoms with Crippen LogP contribution >= 0.6 is 24.0 Å². The van der Waals surface area contributed by atoms with E-state index in [9.17, 15) is 0 Å². The van der Waals surface area contributed by atoms with Crippen molar-refractivity contribution in [3.05, 3.63) is 34.5 Å². The largest absolute Gasteiger partial charge is 0.384 e. The summed E-state index contributed by atoms with van der Waals surface area (Å²) >= 11 is 6.25. The first kappa shape index (κ1) is 20.3. The van der Waals surface area contributed by atoms with E-state index in [0.29, 0.717) is 0 Å². The van der Waals surface area contributed by atoms with Crippen LogP contribution < -0.4 is 5.32 Å². The maximum atomic E-state index is 6.25. The van der Waals surface area contributed by atoms with E-state index in [-0.39, 0.29) is 12.4 Å². The number of nitrogens with zero attached hydrogens (tertiary/aromatic N) is 2. The smallest absolute Gasteiger partial charge is 0.0727 e. The van der Waals surface area contributed by atoms with E-state index in [0.717, 1.165) is 56.0 Å². The van der Waals surface area contributed by atoms with Crippen molar-refractivity contribution in [1.29, 1.82) is 0 Å². The van der Waals surface area contributed by atoms with Gasteiger partial charge in [0, 0.05) is 28.3 Å². The number of aromatic nitrogens is 1. The highest BCUT2D eigenvalue weighted by molar-refractivity contribution is 6.31. The van der Waals surface area contributed by atoms with Crippen LogP contribution in [0.5, 0.6) is 0 Å². The fourth-order valence-corrected chi connectivity index (χ4v) is 3.83. The van der Waals surface area contributed by atoms with Crippen LogP contribution in [0.3, 0.4) is 0 Å². The highest BCUT2D eigenvalue weighted by Gasteiger charge is 2.18. The van der Waals surface area contributed by atoms with E-state index in [1.807, 2.05) is 12.1 Å². The third kappa shape index (κ3) is 4.78. The summed E-state index contributed by atoms with van der Waals surface area (Å²) < 4.78 is 0. The molecule has 0 atom stereocenters. The first-order valence-electron chi connectivity index (χ1n) is 9.30. The van der Waals surface area contributed by atoms with E-state index in [1.165, 1.54) is 35.2 Å². The van der Waals surface area contributed by atoms with Crippen molar-refractivity contribution in [3.8, 4) is 0 Å². The lowest BCUT2D eigenvalue weighted by Crippen LogP contribution is -2.25. The second kappa shape index (κ2) is 9.61. The van der Waals surface area contributed by atoms with Gasteiger partial charge in [-0.2, -0.15) is 0 Å². The molecule has 25 heavy (non-hydrogen) atoms. The lowest BCUT2D eigenvalue weighted by Gasteiger charge is -2.23. The molecule has 1 heterocycles. The number of aryl methyl sites for hydroxylation is 1. The van der Waals surface area contributed by atoms with Crippen LogP contribution in [-0.4, -0.2) is 36.1 Å². The lowest BCUT2D eigenvalue weighted by atomic mass is 9.92. The van der Waals surface area contributed by atoms with Gasteiger partial charge in [0.25, 0.3) is 0 Å². The summed E-state index contributed by atoms with van der Waals surface area (Å²) in [6.45, 7) is 8.84. The number of nitrogens with one attached hydrogen (secondary N) is 1. The van der Waals surface area contributed by atoms with Gasteiger partial charge in [-0.15, -0.1) is 12.4 Å². The quantitative estimate of drug-likeness (QED) is 0.656. The Morgan fingerprint density at radius 1 is 1.16 bits per heavy atom. The molecule has 5 heteroatoms. The fourth-order valence-electron chi connectivity index (χ4n) is 3.65. The van der Waals surface area contributed by atoms with E-state index in [2.05, 4.69) is 30.1 Å². The van der Waals surface area contributed by atoms with Crippen LogP contribution in [0.4, 0.5) is 5.69 Å². The van der Waals surface area contributed by atoms with Crippen LogP contribution in [-0.2, 0) is 12.8 Å². The summed E-state index contributed by atoms with van der Waals surface area (Å²) in [5.74, 6) is 0. The summed E-state index contributed by atoms with van der Waals surface area (Å²) in [7, 11) is 0. The number of hydrogen-bond donors (Lipinski definition) is 1. The Bertz CT molecular complexity index is 699. The number of benzene rings is 1. The Morgan fingerprint density at radius 2 is 1.92 bits per heavy atom. The summed E-state index contributed by atoms with van der Waals surface area (Å²) in [6, 6.07) is 6.05. The molecule has 3 nitrogen and oxygen atoms in total. The van der Waals surface area contributed by atoms with Crippen molar-refractivity contribution in [3.63, 3.8) is 0 Å². The van der Waals surface area contributed by atoms with Gasteiger partial charge in [-0.05, 0) is 75.5 Å². The molecule has 1 aromatic carbocycles. The van der Waals surface area contributed by atoms with Gasteiger partial charge in [0.2, 0.25) is 0 Å². The minimum absolute atomic E-state index is 0. The molecule has 0 amide bonds. The number of rotatable bonds is 7. The molecule has 2 aromatic rings. The number of halogens is 2. The van der Waals surface area contributed by atoms with Crippen molar-refractivity contribution < 1.29 is 0 Å². The SMILES string of the molecule is CCN(CC)CCCNc1c2c(nc3ccc(Cl)cc13)CCCC2.Cl. The molecule has 3 rings (SSSR count). The Balaban J connectivity index is 0.00000225. The molecular formula is C20H29Cl2N3. The Kier molecular flexibility index (Phi) is 7.80. The van der Waals surface area contributed by atoms with E-state index >= 15 is 0 Å². The molecule has 0 saturated carbocycles. The number of pyridine rings is 1. The van der Waals surface area contributed by atoms with Gasteiger partial charge in [-0.3, -0.25) is 4.98 Å². The Labute approximate surface area is 162 Å². The lowest BCUT2D eigenvalue weighted by molar-refractivity contribution is 0.303. The molecular weight excluding hydrogens is 353 g/mol. The molecule has 1 aliphatic rings. The van der Waals surface area contributed by atoms with Crippen molar-refractivity contribution in [2.75, 3.05) is 31.5 Å². The van der Waals surface area contributed by atoms with Crippen LogP contribution in [0.25, 0.3) is 10.9 Å². The molecule has 0 aliphatic heterocycles. The molecule has 1 aromatic heterocycles. The molecule has 0 radical (unpaired) electrons. The maximum absolute atomic E-state index is 6.25. The van der Waals surface area contributed by atoms with E-state index in [1.54, 1.807) is 0 Å². The molecule has 0 fully saturated rings. The van der Waals surface area contributed by atoms with Gasteiger partial charge >= 0.3 is 0 Å². The Hall–Kier alpha value is -1.03. The summed E-state index contributed by atoms with van der Waals surface area (Å²) in [4.78, 5) is 7.36. The van der Waals surface area contributed by atoms with Crippen LogP contribution in [0.1, 0.15) is 44.4 Å². The number of fused-ring (bicyclic) bond motifs is 2. The van der Waals surface area contributed by atoms with Gasteiger partial charge < -0.3 is 10.2 Å². The molecule has 0 saturated heterocycles. The van der Waals surface area contributed by atoms with E-state index < -0.39 is 0 Å². The van der Waals surface area contributed by atoms with Gasteiger partial charge in [-0.25, -0.2) is 0 Å². The second-order valence-corrected chi connectivity index (χ2v) is 7.02. The molecule has 0 unspecified atom stereocenters. The predicted octanol–water partition coefficient (Wildman–Crippen LogP) is 5.33. The van der Waals surface area contributed by atoms with Gasteiger partial charge in [0.05, 0.1) is 5.52 Å². The zero-order valence-electron chi connectivity index (χ0n) is 15.3. The fraction of sp³-hybridized carbons (Fsp3) is 0.550. The average Bonchev–Trinajstić information content (AvgIpc) is 2.61. The zero-order chi connectivity index (χ0) is 16.9. The molecule has 138 valence electrons. The van der Waals surface area contributed by atoms with Crippen LogP contribution in [0.15, 0.2) is 18.2 Å². The minimum Gasteiger partial charge on any atom is -0.384 e. The Morgan fingerprint density at radius 3 is 2.68 bits per heavy atom. The van der Waals surface area contributed by atoms with Crippen molar-refractivity contribution in [1.82, 2.24) is 9.88 Å². The predicted molar refractivity (Wildman–Crippen MR) is 112 cm³/mol.